The molecule has 0 unspecified atom stereocenters. The van der Waals surface area contributed by atoms with Crippen LogP contribution in [-0.2, 0) is 9.53 Å². The number of hydrogen-bond donors (Lipinski definition) is 1. The van der Waals surface area contributed by atoms with Gasteiger partial charge < -0.3 is 15.0 Å². The first kappa shape index (κ1) is 18.0. The number of rotatable bonds is 3. The third-order valence-corrected chi connectivity index (χ3v) is 3.21. The molecule has 0 saturated carbocycles. The summed E-state index contributed by atoms with van der Waals surface area (Å²) in [4.78, 5) is 25.8. The second-order valence-electron chi connectivity index (χ2n) is 6.51. The summed E-state index contributed by atoms with van der Waals surface area (Å²) < 4.78 is 5.17. The van der Waals surface area contributed by atoms with Crippen LogP contribution in [0.3, 0.4) is 0 Å². The number of para-hydroxylation sites is 1. The van der Waals surface area contributed by atoms with Gasteiger partial charge in [0.05, 0.1) is 0 Å². The molecule has 0 fully saturated rings. The van der Waals surface area contributed by atoms with E-state index in [1.807, 2.05) is 32.0 Å². The van der Waals surface area contributed by atoms with E-state index in [-0.39, 0.29) is 5.91 Å². The summed E-state index contributed by atoms with van der Waals surface area (Å²) in [6.07, 6.45) is -0.594. The smallest absolute Gasteiger partial charge is 0.408 e. The van der Waals surface area contributed by atoms with E-state index in [0.29, 0.717) is 0 Å². The highest BCUT2D eigenvalue weighted by Crippen LogP contribution is 2.23. The van der Waals surface area contributed by atoms with E-state index in [1.54, 1.807) is 39.6 Å². The van der Waals surface area contributed by atoms with Gasteiger partial charge in [-0.05, 0) is 52.7 Å². The van der Waals surface area contributed by atoms with Gasteiger partial charge in [-0.3, -0.25) is 4.79 Å². The van der Waals surface area contributed by atoms with Gasteiger partial charge in [0.15, 0.2) is 0 Å². The minimum atomic E-state index is -0.668. The van der Waals surface area contributed by atoms with E-state index in [4.69, 9.17) is 4.74 Å². The molecular formula is C17H26N2O3. The highest BCUT2D eigenvalue weighted by molar-refractivity contribution is 5.99. The Labute approximate surface area is 132 Å². The van der Waals surface area contributed by atoms with Crippen LogP contribution < -0.4 is 10.2 Å². The van der Waals surface area contributed by atoms with E-state index >= 15 is 0 Å². The molecule has 0 heterocycles. The van der Waals surface area contributed by atoms with Crippen LogP contribution in [0.5, 0.6) is 0 Å². The van der Waals surface area contributed by atoms with Crippen LogP contribution in [0.1, 0.15) is 38.8 Å². The molecule has 1 rings (SSSR count). The van der Waals surface area contributed by atoms with E-state index in [0.717, 1.165) is 16.8 Å². The fourth-order valence-electron chi connectivity index (χ4n) is 2.28. The van der Waals surface area contributed by atoms with Crippen LogP contribution in [-0.4, -0.2) is 30.7 Å². The number of nitrogens with one attached hydrogen (secondary N) is 1. The summed E-state index contributed by atoms with van der Waals surface area (Å²) >= 11 is 0. The zero-order valence-corrected chi connectivity index (χ0v) is 14.5. The first-order valence-electron chi connectivity index (χ1n) is 7.36. The number of aryl methyl sites for hydroxylation is 2. The Bertz CT molecular complexity index is 541. The van der Waals surface area contributed by atoms with Crippen molar-refractivity contribution in [3.05, 3.63) is 29.3 Å². The largest absolute Gasteiger partial charge is 0.444 e. The SMILES string of the molecule is Cc1cccc(C)c1N(C)C(=O)[C@H](C)NC(=O)OC(C)(C)C. The summed E-state index contributed by atoms with van der Waals surface area (Å²) in [7, 11) is 1.71. The molecule has 0 bridgehead atoms. The molecule has 0 radical (unpaired) electrons. The molecule has 5 heteroatoms. The van der Waals surface area contributed by atoms with Crippen molar-refractivity contribution in [2.24, 2.45) is 0 Å². The predicted molar refractivity (Wildman–Crippen MR) is 88.2 cm³/mol. The Morgan fingerprint density at radius 1 is 1.18 bits per heavy atom. The molecule has 0 aliphatic heterocycles. The number of likely N-dealkylation sites (N-methyl/N-ethyl adjacent to an activating group) is 1. The number of ether oxygens (including phenoxy) is 1. The van der Waals surface area contributed by atoms with Crippen LogP contribution in [0.2, 0.25) is 0 Å². The lowest BCUT2D eigenvalue weighted by Gasteiger charge is -2.26. The maximum Gasteiger partial charge on any atom is 0.408 e. The summed E-state index contributed by atoms with van der Waals surface area (Å²) in [5.41, 5.74) is 2.30. The predicted octanol–water partition coefficient (Wildman–Crippen LogP) is 3.18. The lowest BCUT2D eigenvalue weighted by atomic mass is 10.1. The van der Waals surface area contributed by atoms with E-state index < -0.39 is 17.7 Å². The lowest BCUT2D eigenvalue weighted by Crippen LogP contribution is -2.47. The van der Waals surface area contributed by atoms with Gasteiger partial charge in [0.25, 0.3) is 0 Å². The molecule has 0 aliphatic carbocycles. The molecular weight excluding hydrogens is 280 g/mol. The van der Waals surface area contributed by atoms with Gasteiger partial charge in [-0.15, -0.1) is 0 Å². The van der Waals surface area contributed by atoms with Crippen LogP contribution in [0, 0.1) is 13.8 Å². The van der Waals surface area contributed by atoms with Crippen LogP contribution in [0.25, 0.3) is 0 Å². The zero-order chi connectivity index (χ0) is 17.1. The molecule has 0 aliphatic rings. The highest BCUT2D eigenvalue weighted by Gasteiger charge is 2.24. The van der Waals surface area contributed by atoms with Crippen molar-refractivity contribution >= 4 is 17.7 Å². The molecule has 122 valence electrons. The van der Waals surface area contributed by atoms with Crippen molar-refractivity contribution in [3.8, 4) is 0 Å². The summed E-state index contributed by atoms with van der Waals surface area (Å²) in [6, 6.07) is 5.20. The number of nitrogens with zero attached hydrogens (tertiary/aromatic N) is 1. The molecule has 0 aromatic heterocycles. The summed E-state index contributed by atoms with van der Waals surface area (Å²) in [5.74, 6) is -0.191. The fourth-order valence-corrected chi connectivity index (χ4v) is 2.28. The van der Waals surface area contributed by atoms with E-state index in [1.165, 1.54) is 0 Å². The number of hydrogen-bond acceptors (Lipinski definition) is 3. The Kier molecular flexibility index (Phi) is 5.58. The third kappa shape index (κ3) is 4.76. The van der Waals surface area contributed by atoms with Crippen molar-refractivity contribution in [1.29, 1.82) is 0 Å². The Hall–Kier alpha value is -2.04. The second-order valence-corrected chi connectivity index (χ2v) is 6.51. The van der Waals surface area contributed by atoms with Gasteiger partial charge in [0.1, 0.15) is 11.6 Å². The van der Waals surface area contributed by atoms with Gasteiger partial charge in [-0.1, -0.05) is 18.2 Å². The minimum Gasteiger partial charge on any atom is -0.444 e. The van der Waals surface area contributed by atoms with Gasteiger partial charge in [-0.25, -0.2) is 4.79 Å². The first-order chi connectivity index (χ1) is 10.0. The van der Waals surface area contributed by atoms with Crippen molar-refractivity contribution in [3.63, 3.8) is 0 Å². The molecule has 1 aromatic rings. The zero-order valence-electron chi connectivity index (χ0n) is 14.5. The summed E-state index contributed by atoms with van der Waals surface area (Å²) in [5, 5.41) is 2.57. The van der Waals surface area contributed by atoms with Gasteiger partial charge in [0, 0.05) is 12.7 Å². The van der Waals surface area contributed by atoms with Crippen molar-refractivity contribution in [2.75, 3.05) is 11.9 Å². The molecule has 1 N–H and O–H groups in total. The quantitative estimate of drug-likeness (QED) is 0.933. The Morgan fingerprint density at radius 2 is 1.68 bits per heavy atom. The van der Waals surface area contributed by atoms with Gasteiger partial charge >= 0.3 is 6.09 Å². The molecule has 2 amide bonds. The lowest BCUT2D eigenvalue weighted by molar-refractivity contribution is -0.120. The highest BCUT2D eigenvalue weighted by atomic mass is 16.6. The van der Waals surface area contributed by atoms with E-state index in [9.17, 15) is 9.59 Å². The van der Waals surface area contributed by atoms with Crippen molar-refractivity contribution < 1.29 is 14.3 Å². The van der Waals surface area contributed by atoms with Crippen LogP contribution in [0.4, 0.5) is 10.5 Å². The average Bonchev–Trinajstić information content (AvgIpc) is 2.34. The first-order valence-corrected chi connectivity index (χ1v) is 7.36. The fraction of sp³-hybridized carbons (Fsp3) is 0.529. The number of amides is 2. The second kappa shape index (κ2) is 6.81. The molecule has 5 nitrogen and oxygen atoms in total. The Balaban J connectivity index is 2.80. The van der Waals surface area contributed by atoms with Gasteiger partial charge in [-0.2, -0.15) is 0 Å². The minimum absolute atomic E-state index is 0.191. The van der Waals surface area contributed by atoms with Crippen LogP contribution >= 0.6 is 0 Å². The monoisotopic (exact) mass is 306 g/mol. The molecule has 0 saturated heterocycles. The number of anilines is 1. The number of alkyl carbamates (subject to hydrolysis) is 1. The van der Waals surface area contributed by atoms with Gasteiger partial charge in [0.2, 0.25) is 5.91 Å². The average molecular weight is 306 g/mol. The van der Waals surface area contributed by atoms with Crippen LogP contribution in [0.15, 0.2) is 18.2 Å². The van der Waals surface area contributed by atoms with Crippen molar-refractivity contribution in [1.82, 2.24) is 5.32 Å². The summed E-state index contributed by atoms with van der Waals surface area (Å²) in [6.45, 7) is 10.9. The molecule has 0 spiro atoms. The number of carbonyl (C=O) groups excluding carboxylic acids is 2. The number of benzene rings is 1. The molecule has 22 heavy (non-hydrogen) atoms. The third-order valence-electron chi connectivity index (χ3n) is 3.21. The standard InChI is InChI=1S/C17H26N2O3/c1-11-9-8-10-12(2)14(11)19(7)15(20)13(3)18-16(21)22-17(4,5)6/h8-10,13H,1-7H3,(H,18,21)/t13-/m0/s1. The maximum atomic E-state index is 12.5. The normalized spacial score (nSPS) is 12.5. The maximum absolute atomic E-state index is 12.5. The van der Waals surface area contributed by atoms with Crippen molar-refractivity contribution in [2.45, 2.75) is 53.2 Å². The number of carbonyl (C=O) groups is 2. The Morgan fingerprint density at radius 3 is 2.14 bits per heavy atom. The van der Waals surface area contributed by atoms with E-state index in [2.05, 4.69) is 5.32 Å². The topological polar surface area (TPSA) is 58.6 Å². The molecule has 1 aromatic carbocycles. The molecule has 1 atom stereocenters.